The molecule has 0 bridgehead atoms. The second-order valence-electron chi connectivity index (χ2n) is 7.68. The summed E-state index contributed by atoms with van der Waals surface area (Å²) < 4.78 is 41.0. The van der Waals surface area contributed by atoms with Crippen molar-refractivity contribution in [2.75, 3.05) is 5.32 Å². The number of nitrogens with zero attached hydrogens (tertiary/aromatic N) is 3. The van der Waals surface area contributed by atoms with Gasteiger partial charge in [-0.2, -0.15) is 18.3 Å². The molecular formula is C18H21F3N4O. The van der Waals surface area contributed by atoms with Crippen LogP contribution in [0.5, 0.6) is 0 Å². The molecule has 3 rings (SSSR count). The Hall–Kier alpha value is -2.38. The van der Waals surface area contributed by atoms with Crippen LogP contribution in [0.3, 0.4) is 0 Å². The second-order valence-corrected chi connectivity index (χ2v) is 7.68. The minimum Gasteiger partial charge on any atom is -0.322 e. The highest BCUT2D eigenvalue weighted by molar-refractivity contribution is 5.97. The van der Waals surface area contributed by atoms with Crippen LogP contribution in [-0.2, 0) is 21.9 Å². The topological polar surface area (TPSA) is 59.8 Å². The average Bonchev–Trinajstić information content (AvgIpc) is 2.95. The van der Waals surface area contributed by atoms with Gasteiger partial charge in [-0.15, -0.1) is 0 Å². The molecule has 140 valence electrons. The lowest BCUT2D eigenvalue weighted by Gasteiger charge is -2.40. The summed E-state index contributed by atoms with van der Waals surface area (Å²) in [6.07, 6.45) is 2.92. The molecular weight excluding hydrogens is 345 g/mol. The molecule has 0 saturated heterocycles. The zero-order valence-electron chi connectivity index (χ0n) is 14.9. The Morgan fingerprint density at radius 2 is 1.92 bits per heavy atom. The molecule has 0 spiro atoms. The first-order chi connectivity index (χ1) is 12.0. The SMILES string of the molecule is CC(C)(C)c1cnn(C2(C(=O)Nc3cnccc3C(F)(F)F)CCC2)c1. The van der Waals surface area contributed by atoms with E-state index in [2.05, 4.69) is 15.4 Å². The van der Waals surface area contributed by atoms with Crippen LogP contribution in [0.15, 0.2) is 30.9 Å². The van der Waals surface area contributed by atoms with Crippen LogP contribution in [0.2, 0.25) is 0 Å². The molecule has 0 atom stereocenters. The molecule has 0 aromatic carbocycles. The number of hydrogen-bond donors (Lipinski definition) is 1. The maximum absolute atomic E-state index is 13.2. The largest absolute Gasteiger partial charge is 0.418 e. The highest BCUT2D eigenvalue weighted by atomic mass is 19.4. The van der Waals surface area contributed by atoms with Crippen molar-refractivity contribution in [1.29, 1.82) is 0 Å². The lowest BCUT2D eigenvalue weighted by molar-refractivity contribution is -0.137. The Morgan fingerprint density at radius 1 is 1.23 bits per heavy atom. The van der Waals surface area contributed by atoms with Crippen molar-refractivity contribution in [3.05, 3.63) is 42.0 Å². The van der Waals surface area contributed by atoms with Gasteiger partial charge < -0.3 is 5.32 Å². The van der Waals surface area contributed by atoms with Crippen LogP contribution in [-0.4, -0.2) is 20.7 Å². The lowest BCUT2D eigenvalue weighted by Crippen LogP contribution is -2.51. The third-order valence-electron chi connectivity index (χ3n) is 4.87. The summed E-state index contributed by atoms with van der Waals surface area (Å²) in [6.45, 7) is 6.10. The van der Waals surface area contributed by atoms with E-state index in [1.807, 2.05) is 27.0 Å². The summed E-state index contributed by atoms with van der Waals surface area (Å²) in [6, 6.07) is 0.856. The van der Waals surface area contributed by atoms with Crippen molar-refractivity contribution in [2.24, 2.45) is 0 Å². The van der Waals surface area contributed by atoms with Gasteiger partial charge in [0.1, 0.15) is 5.54 Å². The van der Waals surface area contributed by atoms with Crippen molar-refractivity contribution in [3.63, 3.8) is 0 Å². The van der Waals surface area contributed by atoms with Gasteiger partial charge >= 0.3 is 6.18 Å². The number of rotatable bonds is 3. The van der Waals surface area contributed by atoms with Gasteiger partial charge in [0.25, 0.3) is 5.91 Å². The second kappa shape index (κ2) is 6.10. The molecule has 2 aromatic heterocycles. The number of nitrogens with one attached hydrogen (secondary N) is 1. The maximum atomic E-state index is 13.2. The summed E-state index contributed by atoms with van der Waals surface area (Å²) in [5.41, 5.74) is -1.37. The van der Waals surface area contributed by atoms with Gasteiger partial charge in [-0.3, -0.25) is 14.5 Å². The molecule has 0 aliphatic heterocycles. The number of anilines is 1. The van der Waals surface area contributed by atoms with Crippen molar-refractivity contribution in [3.8, 4) is 0 Å². The highest BCUT2D eigenvalue weighted by Gasteiger charge is 2.47. The number of amides is 1. The zero-order chi connectivity index (χ0) is 19.2. The van der Waals surface area contributed by atoms with Crippen LogP contribution in [0.25, 0.3) is 0 Å². The van der Waals surface area contributed by atoms with E-state index < -0.39 is 23.2 Å². The zero-order valence-corrected chi connectivity index (χ0v) is 14.9. The Kier molecular flexibility index (Phi) is 4.32. The molecule has 1 aliphatic rings. The summed E-state index contributed by atoms with van der Waals surface area (Å²) in [7, 11) is 0. The third kappa shape index (κ3) is 3.20. The number of aromatic nitrogens is 3. The fourth-order valence-corrected chi connectivity index (χ4v) is 3.00. The number of pyridine rings is 1. The van der Waals surface area contributed by atoms with Gasteiger partial charge in [0.15, 0.2) is 0 Å². The van der Waals surface area contributed by atoms with Gasteiger partial charge in [0, 0.05) is 12.4 Å². The summed E-state index contributed by atoms with van der Waals surface area (Å²) in [5.74, 6) is -0.495. The molecule has 1 aliphatic carbocycles. The van der Waals surface area contributed by atoms with E-state index >= 15 is 0 Å². The number of halogens is 3. The van der Waals surface area contributed by atoms with Crippen molar-refractivity contribution < 1.29 is 18.0 Å². The molecule has 1 saturated carbocycles. The average molecular weight is 366 g/mol. The van der Waals surface area contributed by atoms with Gasteiger partial charge in [-0.1, -0.05) is 20.8 Å². The van der Waals surface area contributed by atoms with Crippen LogP contribution in [0.1, 0.15) is 51.2 Å². The van der Waals surface area contributed by atoms with Gasteiger partial charge in [-0.05, 0) is 36.3 Å². The number of alkyl halides is 3. The minimum absolute atomic E-state index is 0.132. The molecule has 8 heteroatoms. The molecule has 1 fully saturated rings. The molecule has 2 aromatic rings. The van der Waals surface area contributed by atoms with Crippen molar-refractivity contribution in [1.82, 2.24) is 14.8 Å². The Bertz CT molecular complexity index is 816. The van der Waals surface area contributed by atoms with E-state index in [0.29, 0.717) is 12.8 Å². The first-order valence-electron chi connectivity index (χ1n) is 8.42. The third-order valence-corrected chi connectivity index (χ3v) is 4.87. The summed E-state index contributed by atoms with van der Waals surface area (Å²) in [5, 5.41) is 6.75. The number of carbonyl (C=O) groups excluding carboxylic acids is 1. The number of hydrogen-bond acceptors (Lipinski definition) is 3. The minimum atomic E-state index is -4.57. The lowest BCUT2D eigenvalue weighted by atomic mass is 9.76. The molecule has 1 N–H and O–H groups in total. The highest BCUT2D eigenvalue weighted by Crippen LogP contribution is 2.41. The van der Waals surface area contributed by atoms with E-state index in [9.17, 15) is 18.0 Å². The molecule has 26 heavy (non-hydrogen) atoms. The molecule has 0 radical (unpaired) electrons. The van der Waals surface area contributed by atoms with Gasteiger partial charge in [0.05, 0.1) is 23.6 Å². The predicted octanol–water partition coefficient (Wildman–Crippen LogP) is 4.11. The van der Waals surface area contributed by atoms with Gasteiger partial charge in [0.2, 0.25) is 0 Å². The Morgan fingerprint density at radius 3 is 2.42 bits per heavy atom. The van der Waals surface area contributed by atoms with Crippen LogP contribution < -0.4 is 5.32 Å². The van der Waals surface area contributed by atoms with Crippen molar-refractivity contribution in [2.45, 2.75) is 57.2 Å². The first kappa shape index (κ1) is 18.4. The van der Waals surface area contributed by atoms with Gasteiger partial charge in [-0.25, -0.2) is 0 Å². The molecule has 1 amide bonds. The van der Waals surface area contributed by atoms with E-state index in [1.54, 1.807) is 10.9 Å². The Labute approximate surface area is 149 Å². The first-order valence-corrected chi connectivity index (χ1v) is 8.42. The quantitative estimate of drug-likeness (QED) is 0.889. The standard InChI is InChI=1S/C18H21F3N4O/c1-16(2,3)12-9-23-25(11-12)17(6-4-7-17)15(26)24-14-10-22-8-5-13(14)18(19,20)21/h5,8-11H,4,6-7H2,1-3H3,(H,24,26). The smallest absolute Gasteiger partial charge is 0.322 e. The fraction of sp³-hybridized carbons (Fsp3) is 0.500. The van der Waals surface area contributed by atoms with E-state index in [1.165, 1.54) is 0 Å². The van der Waals surface area contributed by atoms with E-state index in [-0.39, 0.29) is 11.1 Å². The predicted molar refractivity (Wildman–Crippen MR) is 90.6 cm³/mol. The molecule has 2 heterocycles. The van der Waals surface area contributed by atoms with Crippen LogP contribution >= 0.6 is 0 Å². The maximum Gasteiger partial charge on any atom is 0.418 e. The number of carbonyl (C=O) groups is 1. The Balaban J connectivity index is 1.90. The normalized spacial score (nSPS) is 16.8. The van der Waals surface area contributed by atoms with E-state index in [4.69, 9.17) is 0 Å². The fourth-order valence-electron chi connectivity index (χ4n) is 3.00. The summed E-state index contributed by atoms with van der Waals surface area (Å²) >= 11 is 0. The van der Waals surface area contributed by atoms with E-state index in [0.717, 1.165) is 30.4 Å². The molecule has 0 unspecified atom stereocenters. The van der Waals surface area contributed by atoms with Crippen LogP contribution in [0, 0.1) is 0 Å². The monoisotopic (exact) mass is 366 g/mol. The molecule has 5 nitrogen and oxygen atoms in total. The van der Waals surface area contributed by atoms with Crippen LogP contribution in [0.4, 0.5) is 18.9 Å². The van der Waals surface area contributed by atoms with Crippen molar-refractivity contribution >= 4 is 11.6 Å². The summed E-state index contributed by atoms with van der Waals surface area (Å²) in [4.78, 5) is 16.6.